The summed E-state index contributed by atoms with van der Waals surface area (Å²) in [5, 5.41) is 5.76. The van der Waals surface area contributed by atoms with Gasteiger partial charge in [-0.05, 0) is 12.1 Å². The number of nitrogens with zero attached hydrogens (tertiary/aromatic N) is 1. The van der Waals surface area contributed by atoms with Gasteiger partial charge in [-0.25, -0.2) is 0 Å². The molecular weight excluding hydrogens is 212 g/mol. The number of nitrogens with two attached hydrogens (primary N) is 1. The van der Waals surface area contributed by atoms with Crippen LogP contribution in [0.25, 0.3) is 11.0 Å². The Bertz CT molecular complexity index is 456. The van der Waals surface area contributed by atoms with Crippen molar-refractivity contribution in [1.29, 1.82) is 0 Å². The lowest BCUT2D eigenvalue weighted by molar-refractivity contribution is 0.419. The number of hydrogen-bond donors (Lipinski definition) is 1. The number of aromatic nitrogens is 1. The molecule has 0 spiro atoms. The van der Waals surface area contributed by atoms with E-state index in [0.29, 0.717) is 6.54 Å². The van der Waals surface area contributed by atoms with E-state index in [1.54, 1.807) is 18.9 Å². The molecule has 2 rings (SSSR count). The lowest BCUT2D eigenvalue weighted by Crippen LogP contribution is -2.00. The second kappa shape index (κ2) is 4.55. The standard InChI is InChI=1S/C10H12N2O2S/c1-13-7-3-2-4-8-9(7)10(12-14-8)15-6-5-11/h2-4H,5-6,11H2,1H3. The van der Waals surface area contributed by atoms with Crippen LogP contribution in [0.4, 0.5) is 0 Å². The average Bonchev–Trinajstić information content (AvgIpc) is 2.69. The van der Waals surface area contributed by atoms with Gasteiger partial charge in [0.2, 0.25) is 0 Å². The van der Waals surface area contributed by atoms with E-state index in [0.717, 1.165) is 27.5 Å². The van der Waals surface area contributed by atoms with Crippen molar-refractivity contribution in [3.63, 3.8) is 0 Å². The Hall–Kier alpha value is -1.20. The molecule has 2 aromatic rings. The molecular formula is C10H12N2O2S. The molecule has 0 atom stereocenters. The topological polar surface area (TPSA) is 61.3 Å². The molecule has 0 amide bonds. The summed E-state index contributed by atoms with van der Waals surface area (Å²) in [4.78, 5) is 0. The summed E-state index contributed by atoms with van der Waals surface area (Å²) in [6.45, 7) is 0.619. The highest BCUT2D eigenvalue weighted by Gasteiger charge is 2.12. The molecule has 15 heavy (non-hydrogen) atoms. The molecule has 0 saturated carbocycles. The summed E-state index contributed by atoms with van der Waals surface area (Å²) < 4.78 is 10.5. The van der Waals surface area contributed by atoms with Gasteiger partial charge in [0, 0.05) is 12.3 Å². The van der Waals surface area contributed by atoms with Crippen LogP contribution in [-0.4, -0.2) is 24.6 Å². The zero-order valence-corrected chi connectivity index (χ0v) is 9.21. The zero-order chi connectivity index (χ0) is 10.7. The third kappa shape index (κ3) is 1.93. The van der Waals surface area contributed by atoms with Gasteiger partial charge in [0.05, 0.1) is 12.5 Å². The normalized spacial score (nSPS) is 10.8. The van der Waals surface area contributed by atoms with E-state index in [1.807, 2.05) is 18.2 Å². The summed E-state index contributed by atoms with van der Waals surface area (Å²) in [6, 6.07) is 5.65. The summed E-state index contributed by atoms with van der Waals surface area (Å²) >= 11 is 1.58. The van der Waals surface area contributed by atoms with Gasteiger partial charge in [0.1, 0.15) is 5.75 Å². The van der Waals surface area contributed by atoms with Crippen molar-refractivity contribution < 1.29 is 9.26 Å². The first kappa shape index (κ1) is 10.3. The van der Waals surface area contributed by atoms with Crippen LogP contribution < -0.4 is 10.5 Å². The first-order chi connectivity index (χ1) is 7.36. The van der Waals surface area contributed by atoms with E-state index in [2.05, 4.69) is 5.16 Å². The van der Waals surface area contributed by atoms with Gasteiger partial charge in [-0.3, -0.25) is 0 Å². The summed E-state index contributed by atoms with van der Waals surface area (Å²) in [6.07, 6.45) is 0. The summed E-state index contributed by atoms with van der Waals surface area (Å²) in [5.74, 6) is 1.60. The Morgan fingerprint density at radius 1 is 1.53 bits per heavy atom. The number of methoxy groups -OCH3 is 1. The highest BCUT2D eigenvalue weighted by molar-refractivity contribution is 7.99. The first-order valence-corrected chi connectivity index (χ1v) is 5.60. The molecule has 0 aliphatic carbocycles. The van der Waals surface area contributed by atoms with Gasteiger partial charge in [0.15, 0.2) is 10.6 Å². The Morgan fingerprint density at radius 3 is 3.13 bits per heavy atom. The molecule has 0 bridgehead atoms. The number of hydrogen-bond acceptors (Lipinski definition) is 5. The number of rotatable bonds is 4. The number of ether oxygens (including phenoxy) is 1. The third-order valence-electron chi connectivity index (χ3n) is 2.01. The van der Waals surface area contributed by atoms with Gasteiger partial charge < -0.3 is 15.0 Å². The maximum atomic E-state index is 5.45. The maximum absolute atomic E-state index is 5.45. The highest BCUT2D eigenvalue weighted by Crippen LogP contribution is 2.33. The predicted molar refractivity (Wildman–Crippen MR) is 60.3 cm³/mol. The third-order valence-corrected chi connectivity index (χ3v) is 3.00. The van der Waals surface area contributed by atoms with Crippen LogP contribution in [0.15, 0.2) is 27.7 Å². The molecule has 1 aromatic heterocycles. The second-order valence-corrected chi connectivity index (χ2v) is 4.04. The van der Waals surface area contributed by atoms with Crippen LogP contribution in [0.3, 0.4) is 0 Å². The average molecular weight is 224 g/mol. The first-order valence-electron chi connectivity index (χ1n) is 4.62. The Morgan fingerprint density at radius 2 is 2.40 bits per heavy atom. The molecule has 80 valence electrons. The van der Waals surface area contributed by atoms with E-state index >= 15 is 0 Å². The molecule has 0 fully saturated rings. The quantitative estimate of drug-likeness (QED) is 0.803. The molecule has 0 radical (unpaired) electrons. The minimum atomic E-state index is 0.619. The van der Waals surface area contributed by atoms with Crippen LogP contribution >= 0.6 is 11.8 Å². The summed E-state index contributed by atoms with van der Waals surface area (Å²) in [5.41, 5.74) is 6.19. The van der Waals surface area contributed by atoms with Crippen LogP contribution in [0.5, 0.6) is 5.75 Å². The van der Waals surface area contributed by atoms with Crippen molar-refractivity contribution >= 4 is 22.7 Å². The molecule has 4 nitrogen and oxygen atoms in total. The summed E-state index contributed by atoms with van der Waals surface area (Å²) in [7, 11) is 1.64. The predicted octanol–water partition coefficient (Wildman–Crippen LogP) is 1.89. The highest BCUT2D eigenvalue weighted by atomic mass is 32.2. The van der Waals surface area contributed by atoms with Gasteiger partial charge in [-0.15, -0.1) is 11.8 Å². The van der Waals surface area contributed by atoms with Gasteiger partial charge in [-0.2, -0.15) is 0 Å². The molecule has 0 aliphatic heterocycles. The minimum Gasteiger partial charge on any atom is -0.496 e. The molecule has 0 saturated heterocycles. The van der Waals surface area contributed by atoms with Crippen LogP contribution in [0, 0.1) is 0 Å². The fraction of sp³-hybridized carbons (Fsp3) is 0.300. The molecule has 5 heteroatoms. The van der Waals surface area contributed by atoms with E-state index in [-0.39, 0.29) is 0 Å². The van der Waals surface area contributed by atoms with E-state index in [4.69, 9.17) is 15.0 Å². The molecule has 2 N–H and O–H groups in total. The van der Waals surface area contributed by atoms with Crippen molar-refractivity contribution in [2.45, 2.75) is 5.03 Å². The molecule has 0 aliphatic rings. The molecule has 1 aromatic carbocycles. The molecule has 1 heterocycles. The Labute approximate surface area is 91.7 Å². The largest absolute Gasteiger partial charge is 0.496 e. The SMILES string of the molecule is COc1cccc2onc(SCCN)c12. The maximum Gasteiger partial charge on any atom is 0.171 e. The van der Waals surface area contributed by atoms with Gasteiger partial charge in [0.25, 0.3) is 0 Å². The Balaban J connectivity index is 2.46. The van der Waals surface area contributed by atoms with Crippen molar-refractivity contribution in [2.24, 2.45) is 5.73 Å². The van der Waals surface area contributed by atoms with Crippen LogP contribution in [-0.2, 0) is 0 Å². The minimum absolute atomic E-state index is 0.619. The fourth-order valence-electron chi connectivity index (χ4n) is 1.36. The van der Waals surface area contributed by atoms with Crippen LogP contribution in [0.1, 0.15) is 0 Å². The van der Waals surface area contributed by atoms with E-state index < -0.39 is 0 Å². The van der Waals surface area contributed by atoms with E-state index in [9.17, 15) is 0 Å². The van der Waals surface area contributed by atoms with Gasteiger partial charge in [-0.1, -0.05) is 11.2 Å². The number of benzene rings is 1. The monoisotopic (exact) mass is 224 g/mol. The number of fused-ring (bicyclic) bond motifs is 1. The lowest BCUT2D eigenvalue weighted by Gasteiger charge is -2.01. The zero-order valence-electron chi connectivity index (χ0n) is 8.40. The lowest BCUT2D eigenvalue weighted by atomic mass is 10.2. The Kier molecular flexibility index (Phi) is 3.13. The van der Waals surface area contributed by atoms with Crippen molar-refractivity contribution in [2.75, 3.05) is 19.4 Å². The van der Waals surface area contributed by atoms with Crippen molar-refractivity contribution in [3.05, 3.63) is 18.2 Å². The van der Waals surface area contributed by atoms with Crippen LogP contribution in [0.2, 0.25) is 0 Å². The smallest absolute Gasteiger partial charge is 0.171 e. The van der Waals surface area contributed by atoms with Crippen molar-refractivity contribution in [3.8, 4) is 5.75 Å². The van der Waals surface area contributed by atoms with Gasteiger partial charge >= 0.3 is 0 Å². The molecule has 0 unspecified atom stereocenters. The van der Waals surface area contributed by atoms with Crippen molar-refractivity contribution in [1.82, 2.24) is 5.16 Å². The second-order valence-electron chi connectivity index (χ2n) is 2.96. The van der Waals surface area contributed by atoms with E-state index in [1.165, 1.54) is 0 Å². The fourth-order valence-corrected chi connectivity index (χ4v) is 2.11. The number of thioether (sulfide) groups is 1.